The number of hydrogen-bond donors (Lipinski definition) is 2. The Morgan fingerprint density at radius 3 is 2.53 bits per heavy atom. The molecule has 2 rings (SSSR count). The first-order chi connectivity index (χ1) is 7.84. The molecular weight excluding hydrogens is 229 g/mol. The predicted molar refractivity (Wildman–Crippen MR) is 59.4 cm³/mol. The van der Waals surface area contributed by atoms with Crippen molar-refractivity contribution < 1.29 is 13.2 Å². The van der Waals surface area contributed by atoms with Crippen LogP contribution in [0, 0.1) is 0 Å². The number of halogens is 3. The molecule has 0 saturated heterocycles. The molecule has 0 radical (unpaired) electrons. The lowest BCUT2D eigenvalue weighted by molar-refractivity contribution is -0.137. The van der Waals surface area contributed by atoms with E-state index in [2.05, 4.69) is 0 Å². The maximum atomic E-state index is 12.6. The summed E-state index contributed by atoms with van der Waals surface area (Å²) in [7, 11) is 0. The van der Waals surface area contributed by atoms with E-state index < -0.39 is 17.3 Å². The highest BCUT2D eigenvalue weighted by atomic mass is 19.4. The Labute approximate surface area is 97.8 Å². The topological polar surface area (TPSA) is 52.0 Å². The van der Waals surface area contributed by atoms with Crippen molar-refractivity contribution in [1.82, 2.24) is 0 Å². The summed E-state index contributed by atoms with van der Waals surface area (Å²) >= 11 is 0. The molecule has 2 nitrogen and oxygen atoms in total. The fraction of sp³-hybridized carbons (Fsp3) is 0.500. The summed E-state index contributed by atoms with van der Waals surface area (Å²) < 4.78 is 37.7. The van der Waals surface area contributed by atoms with Gasteiger partial charge >= 0.3 is 6.18 Å². The third-order valence-corrected chi connectivity index (χ3v) is 3.37. The lowest BCUT2D eigenvalue weighted by Crippen LogP contribution is -2.51. The van der Waals surface area contributed by atoms with Crippen molar-refractivity contribution in [3.05, 3.63) is 34.9 Å². The Balaban J connectivity index is 2.36. The normalized spacial score (nSPS) is 24.5. The van der Waals surface area contributed by atoms with E-state index >= 15 is 0 Å². The minimum Gasteiger partial charge on any atom is -0.329 e. The van der Waals surface area contributed by atoms with Crippen LogP contribution in [0.2, 0.25) is 0 Å². The number of rotatable bonds is 1. The van der Waals surface area contributed by atoms with Gasteiger partial charge in [0.05, 0.1) is 5.56 Å². The van der Waals surface area contributed by atoms with Crippen LogP contribution in [0.4, 0.5) is 13.2 Å². The van der Waals surface area contributed by atoms with E-state index in [9.17, 15) is 13.2 Å². The van der Waals surface area contributed by atoms with E-state index in [0.717, 1.165) is 18.1 Å². The first kappa shape index (κ1) is 12.4. The fourth-order valence-corrected chi connectivity index (χ4v) is 2.24. The highest BCUT2D eigenvalue weighted by molar-refractivity contribution is 5.37. The van der Waals surface area contributed by atoms with Gasteiger partial charge in [-0.2, -0.15) is 13.2 Å². The number of aryl methyl sites for hydroxylation is 1. The lowest BCUT2D eigenvalue weighted by atomic mass is 9.78. The summed E-state index contributed by atoms with van der Waals surface area (Å²) in [5, 5.41) is 0. The van der Waals surface area contributed by atoms with Crippen molar-refractivity contribution in [3.8, 4) is 0 Å². The van der Waals surface area contributed by atoms with Crippen molar-refractivity contribution in [2.75, 3.05) is 6.54 Å². The maximum absolute atomic E-state index is 12.6. The molecule has 1 unspecified atom stereocenters. The van der Waals surface area contributed by atoms with Crippen molar-refractivity contribution >= 4 is 0 Å². The van der Waals surface area contributed by atoms with Crippen molar-refractivity contribution in [2.45, 2.75) is 31.0 Å². The van der Waals surface area contributed by atoms with Crippen LogP contribution in [0.1, 0.15) is 23.1 Å². The molecule has 5 heteroatoms. The van der Waals surface area contributed by atoms with E-state index in [-0.39, 0.29) is 0 Å². The van der Waals surface area contributed by atoms with Crippen molar-refractivity contribution in [1.29, 1.82) is 0 Å². The molecule has 0 bridgehead atoms. The second kappa shape index (κ2) is 3.99. The van der Waals surface area contributed by atoms with Gasteiger partial charge in [-0.25, -0.2) is 0 Å². The molecule has 1 aliphatic rings. The Hall–Kier alpha value is -1.07. The van der Waals surface area contributed by atoms with Gasteiger partial charge in [0, 0.05) is 12.1 Å². The maximum Gasteiger partial charge on any atom is 0.416 e. The van der Waals surface area contributed by atoms with Crippen molar-refractivity contribution in [2.24, 2.45) is 11.5 Å². The van der Waals surface area contributed by atoms with E-state index in [1.165, 1.54) is 6.07 Å². The molecule has 1 aromatic carbocycles. The van der Waals surface area contributed by atoms with Crippen molar-refractivity contribution in [3.63, 3.8) is 0 Å². The van der Waals surface area contributed by atoms with Crippen LogP contribution in [0.25, 0.3) is 0 Å². The predicted octanol–water partition coefficient (Wildman–Crippen LogP) is 1.85. The smallest absolute Gasteiger partial charge is 0.329 e. The standard InChI is InChI=1S/C12H15F3N2/c13-12(14,15)10-2-1-8-3-4-11(17,7-16)6-9(8)5-10/h1-2,5H,3-4,6-7,16-17H2. The second-order valence-electron chi connectivity index (χ2n) is 4.72. The summed E-state index contributed by atoms with van der Waals surface area (Å²) in [6, 6.07) is 3.88. The van der Waals surface area contributed by atoms with Gasteiger partial charge in [-0.15, -0.1) is 0 Å². The zero-order chi connectivity index (χ0) is 12.7. The van der Waals surface area contributed by atoms with Crippen LogP contribution in [0.5, 0.6) is 0 Å². The van der Waals surface area contributed by atoms with Gasteiger partial charge in [-0.05, 0) is 42.5 Å². The van der Waals surface area contributed by atoms with Gasteiger partial charge in [0.2, 0.25) is 0 Å². The number of alkyl halides is 3. The molecule has 4 N–H and O–H groups in total. The molecule has 0 heterocycles. The third-order valence-electron chi connectivity index (χ3n) is 3.37. The largest absolute Gasteiger partial charge is 0.416 e. The van der Waals surface area contributed by atoms with E-state index in [0.29, 0.717) is 24.9 Å². The monoisotopic (exact) mass is 244 g/mol. The van der Waals surface area contributed by atoms with Crippen LogP contribution < -0.4 is 11.5 Å². The average molecular weight is 244 g/mol. The van der Waals surface area contributed by atoms with Gasteiger partial charge in [-0.1, -0.05) is 6.07 Å². The Bertz CT molecular complexity index is 428. The molecule has 1 atom stereocenters. The number of hydrogen-bond acceptors (Lipinski definition) is 2. The zero-order valence-electron chi connectivity index (χ0n) is 9.35. The number of fused-ring (bicyclic) bond motifs is 1. The quantitative estimate of drug-likeness (QED) is 0.792. The SMILES string of the molecule is NCC1(N)CCc2ccc(C(F)(F)F)cc2C1. The molecular formula is C12H15F3N2. The summed E-state index contributed by atoms with van der Waals surface area (Å²) in [4.78, 5) is 0. The van der Waals surface area contributed by atoms with Gasteiger partial charge in [0.1, 0.15) is 0 Å². The molecule has 0 saturated carbocycles. The molecule has 1 aliphatic carbocycles. The van der Waals surface area contributed by atoms with Gasteiger partial charge < -0.3 is 11.5 Å². The second-order valence-corrected chi connectivity index (χ2v) is 4.72. The minimum atomic E-state index is -4.30. The lowest BCUT2D eigenvalue weighted by Gasteiger charge is -2.34. The first-order valence-corrected chi connectivity index (χ1v) is 5.52. The highest BCUT2D eigenvalue weighted by Crippen LogP contribution is 2.34. The molecule has 0 fully saturated rings. The summed E-state index contributed by atoms with van der Waals surface area (Å²) in [5.74, 6) is 0. The Morgan fingerprint density at radius 1 is 1.24 bits per heavy atom. The average Bonchev–Trinajstić information content (AvgIpc) is 2.27. The van der Waals surface area contributed by atoms with E-state index in [1.807, 2.05) is 0 Å². The van der Waals surface area contributed by atoms with Gasteiger partial charge in [-0.3, -0.25) is 0 Å². The molecule has 0 aromatic heterocycles. The zero-order valence-corrected chi connectivity index (χ0v) is 9.35. The molecule has 0 spiro atoms. The van der Waals surface area contributed by atoms with Crippen LogP contribution in [0.15, 0.2) is 18.2 Å². The Kier molecular flexibility index (Phi) is 2.91. The summed E-state index contributed by atoms with van der Waals surface area (Å²) in [6.45, 7) is 0.294. The number of nitrogens with two attached hydrogens (primary N) is 2. The summed E-state index contributed by atoms with van der Waals surface area (Å²) in [6.07, 6.45) is -2.46. The van der Waals surface area contributed by atoms with Crippen LogP contribution in [-0.4, -0.2) is 12.1 Å². The first-order valence-electron chi connectivity index (χ1n) is 5.52. The molecule has 0 amide bonds. The number of benzene rings is 1. The molecule has 94 valence electrons. The Morgan fingerprint density at radius 2 is 1.94 bits per heavy atom. The third kappa shape index (κ3) is 2.45. The van der Waals surface area contributed by atoms with E-state index in [4.69, 9.17) is 11.5 Å². The highest BCUT2D eigenvalue weighted by Gasteiger charge is 2.34. The molecule has 0 aliphatic heterocycles. The van der Waals surface area contributed by atoms with Crippen LogP contribution >= 0.6 is 0 Å². The molecule has 17 heavy (non-hydrogen) atoms. The molecule has 1 aromatic rings. The van der Waals surface area contributed by atoms with Gasteiger partial charge in [0.15, 0.2) is 0 Å². The summed E-state index contributed by atoms with van der Waals surface area (Å²) in [5.41, 5.74) is 12.1. The fourth-order valence-electron chi connectivity index (χ4n) is 2.24. The van der Waals surface area contributed by atoms with E-state index in [1.54, 1.807) is 6.07 Å². The van der Waals surface area contributed by atoms with Crippen LogP contribution in [0.3, 0.4) is 0 Å². The van der Waals surface area contributed by atoms with Gasteiger partial charge in [0.25, 0.3) is 0 Å². The van der Waals surface area contributed by atoms with Crippen LogP contribution in [-0.2, 0) is 19.0 Å². The minimum absolute atomic E-state index is 0.294.